The first-order valence-corrected chi connectivity index (χ1v) is 7.57. The number of carbonyl (C=O) groups excluding carboxylic acids is 2. The summed E-state index contributed by atoms with van der Waals surface area (Å²) in [5.74, 6) is -0.673. The van der Waals surface area contributed by atoms with Gasteiger partial charge in [0.2, 0.25) is 11.8 Å². The number of amides is 2. The van der Waals surface area contributed by atoms with Crippen LogP contribution in [0.25, 0.3) is 11.0 Å². The molecule has 3 rings (SSSR count). The van der Waals surface area contributed by atoms with E-state index in [2.05, 4.69) is 12.2 Å². The Bertz CT molecular complexity index is 816. The van der Waals surface area contributed by atoms with Gasteiger partial charge < -0.3 is 0 Å². The summed E-state index contributed by atoms with van der Waals surface area (Å²) in [5.41, 5.74) is 2.52. The number of aromatic nitrogens is 2. The average molecular weight is 301 g/mol. The minimum Gasteiger partial charge on any atom is -0.295 e. The Morgan fingerprint density at radius 1 is 1.27 bits per heavy atom. The van der Waals surface area contributed by atoms with Crippen molar-refractivity contribution in [1.29, 1.82) is 0 Å². The number of para-hydroxylation sites is 1. The largest absolute Gasteiger partial charge is 0.329 e. The van der Waals surface area contributed by atoms with Gasteiger partial charge in [0, 0.05) is 13.5 Å². The van der Waals surface area contributed by atoms with Crippen LogP contribution in [0.4, 0.5) is 0 Å². The quantitative estimate of drug-likeness (QED) is 0.868. The molecule has 6 nitrogen and oxygen atoms in total. The summed E-state index contributed by atoms with van der Waals surface area (Å²) in [7, 11) is 1.73. The number of hydrogen-bond donors (Lipinski definition) is 1. The van der Waals surface area contributed by atoms with E-state index < -0.39 is 11.9 Å². The highest BCUT2D eigenvalue weighted by atomic mass is 16.2. The van der Waals surface area contributed by atoms with Crippen LogP contribution in [0.1, 0.15) is 37.8 Å². The van der Waals surface area contributed by atoms with E-state index in [9.17, 15) is 14.4 Å². The van der Waals surface area contributed by atoms with Crippen molar-refractivity contribution in [3.8, 4) is 0 Å². The van der Waals surface area contributed by atoms with Crippen molar-refractivity contribution in [1.82, 2.24) is 14.5 Å². The van der Waals surface area contributed by atoms with Gasteiger partial charge in [-0.05, 0) is 24.5 Å². The zero-order valence-corrected chi connectivity index (χ0v) is 12.8. The summed E-state index contributed by atoms with van der Waals surface area (Å²) >= 11 is 0. The van der Waals surface area contributed by atoms with Gasteiger partial charge in [-0.2, -0.15) is 0 Å². The second-order valence-corrected chi connectivity index (χ2v) is 5.71. The molecule has 2 amide bonds. The van der Waals surface area contributed by atoms with E-state index in [0.717, 1.165) is 29.4 Å². The average Bonchev–Trinajstić information content (AvgIpc) is 2.73. The molecule has 1 aliphatic rings. The standard InChI is InChI=1S/C16H19N3O3/c1-3-5-10-6-4-7-11-14(10)18(2)16(22)19(11)12-8-9-13(20)17-15(12)21/h4,6-7,12H,3,5,8-9H2,1-2H3,(H,17,20,21). The van der Waals surface area contributed by atoms with Crippen molar-refractivity contribution in [2.24, 2.45) is 7.05 Å². The topological polar surface area (TPSA) is 73.1 Å². The molecular weight excluding hydrogens is 282 g/mol. The molecule has 6 heteroatoms. The second kappa shape index (κ2) is 5.44. The van der Waals surface area contributed by atoms with Crippen LogP contribution in [-0.2, 0) is 23.1 Å². The van der Waals surface area contributed by atoms with Crippen molar-refractivity contribution in [2.75, 3.05) is 0 Å². The molecule has 0 radical (unpaired) electrons. The van der Waals surface area contributed by atoms with Crippen molar-refractivity contribution in [3.05, 3.63) is 34.2 Å². The summed E-state index contributed by atoms with van der Waals surface area (Å²) in [4.78, 5) is 36.1. The number of nitrogens with zero attached hydrogens (tertiary/aromatic N) is 2. The zero-order valence-electron chi connectivity index (χ0n) is 12.8. The fraction of sp³-hybridized carbons (Fsp3) is 0.438. The van der Waals surface area contributed by atoms with Gasteiger partial charge >= 0.3 is 5.69 Å². The van der Waals surface area contributed by atoms with Crippen molar-refractivity contribution in [3.63, 3.8) is 0 Å². The number of piperidine rings is 1. The summed E-state index contributed by atoms with van der Waals surface area (Å²) < 4.78 is 3.13. The van der Waals surface area contributed by atoms with Crippen molar-refractivity contribution < 1.29 is 9.59 Å². The highest BCUT2D eigenvalue weighted by Crippen LogP contribution is 2.25. The molecule has 1 atom stereocenters. The molecule has 1 aromatic carbocycles. The lowest BCUT2D eigenvalue weighted by Crippen LogP contribution is -2.44. The SMILES string of the molecule is CCCc1cccc2c1n(C)c(=O)n2C1CCC(=O)NC1=O. The minimum atomic E-state index is -0.620. The van der Waals surface area contributed by atoms with Crippen LogP contribution in [-0.4, -0.2) is 20.9 Å². The van der Waals surface area contributed by atoms with Gasteiger partial charge in [0.05, 0.1) is 11.0 Å². The van der Waals surface area contributed by atoms with Gasteiger partial charge in [0.1, 0.15) is 6.04 Å². The van der Waals surface area contributed by atoms with Crippen LogP contribution in [0.15, 0.2) is 23.0 Å². The normalized spacial score (nSPS) is 18.7. The second-order valence-electron chi connectivity index (χ2n) is 5.71. The van der Waals surface area contributed by atoms with Crippen molar-refractivity contribution >= 4 is 22.8 Å². The highest BCUT2D eigenvalue weighted by Gasteiger charge is 2.31. The number of aryl methyl sites for hydroxylation is 2. The monoisotopic (exact) mass is 301 g/mol. The maximum absolute atomic E-state index is 12.6. The third-order valence-electron chi connectivity index (χ3n) is 4.23. The van der Waals surface area contributed by atoms with Crippen LogP contribution in [0.3, 0.4) is 0 Å². The number of imidazole rings is 1. The summed E-state index contributed by atoms with van der Waals surface area (Å²) in [6.07, 6.45) is 2.48. The third kappa shape index (κ3) is 2.15. The van der Waals surface area contributed by atoms with Crippen LogP contribution < -0.4 is 11.0 Å². The fourth-order valence-electron chi connectivity index (χ4n) is 3.22. The fourth-order valence-corrected chi connectivity index (χ4v) is 3.22. The number of imide groups is 1. The number of nitrogens with one attached hydrogen (secondary N) is 1. The number of fused-ring (bicyclic) bond motifs is 1. The minimum absolute atomic E-state index is 0.215. The van der Waals surface area contributed by atoms with Gasteiger partial charge in [-0.25, -0.2) is 4.79 Å². The molecule has 1 unspecified atom stereocenters. The first-order valence-electron chi connectivity index (χ1n) is 7.57. The Kier molecular flexibility index (Phi) is 3.60. The van der Waals surface area contributed by atoms with E-state index in [1.54, 1.807) is 11.6 Å². The summed E-state index contributed by atoms with van der Waals surface area (Å²) in [6, 6.07) is 5.17. The third-order valence-corrected chi connectivity index (χ3v) is 4.23. The van der Waals surface area contributed by atoms with Crippen LogP contribution in [0, 0.1) is 0 Å². The highest BCUT2D eigenvalue weighted by molar-refractivity contribution is 6.00. The lowest BCUT2D eigenvalue weighted by Gasteiger charge is -2.21. The molecule has 2 heterocycles. The van der Waals surface area contributed by atoms with Gasteiger partial charge in [-0.3, -0.25) is 24.0 Å². The lowest BCUT2D eigenvalue weighted by atomic mass is 10.0. The molecule has 1 aliphatic heterocycles. The van der Waals surface area contributed by atoms with E-state index in [1.807, 2.05) is 18.2 Å². The van der Waals surface area contributed by atoms with E-state index in [-0.39, 0.29) is 18.0 Å². The first-order chi connectivity index (χ1) is 10.5. The number of hydrogen-bond acceptors (Lipinski definition) is 3. The summed E-state index contributed by atoms with van der Waals surface area (Å²) in [6.45, 7) is 2.09. The molecule has 0 bridgehead atoms. The van der Waals surface area contributed by atoms with Crippen LogP contribution in [0.2, 0.25) is 0 Å². The molecule has 1 saturated heterocycles. The number of rotatable bonds is 3. The molecule has 1 N–H and O–H groups in total. The van der Waals surface area contributed by atoms with E-state index >= 15 is 0 Å². The Balaban J connectivity index is 2.21. The molecule has 116 valence electrons. The van der Waals surface area contributed by atoms with E-state index in [0.29, 0.717) is 6.42 Å². The Morgan fingerprint density at radius 3 is 2.73 bits per heavy atom. The van der Waals surface area contributed by atoms with Crippen LogP contribution in [0.5, 0.6) is 0 Å². The number of benzene rings is 1. The molecule has 22 heavy (non-hydrogen) atoms. The number of carbonyl (C=O) groups is 2. The Hall–Kier alpha value is -2.37. The molecule has 0 spiro atoms. The van der Waals surface area contributed by atoms with E-state index in [1.165, 1.54) is 4.57 Å². The van der Waals surface area contributed by atoms with Gasteiger partial charge in [-0.15, -0.1) is 0 Å². The molecular formula is C16H19N3O3. The molecule has 1 aromatic heterocycles. The molecule has 0 aliphatic carbocycles. The predicted octanol–water partition coefficient (Wildman–Crippen LogP) is 1.27. The van der Waals surface area contributed by atoms with Crippen LogP contribution >= 0.6 is 0 Å². The maximum Gasteiger partial charge on any atom is 0.329 e. The predicted molar refractivity (Wildman–Crippen MR) is 82.6 cm³/mol. The first kappa shape index (κ1) is 14.6. The molecule has 2 aromatic rings. The molecule has 1 fully saturated rings. The Morgan fingerprint density at radius 2 is 2.05 bits per heavy atom. The van der Waals surface area contributed by atoms with E-state index in [4.69, 9.17) is 0 Å². The lowest BCUT2D eigenvalue weighted by molar-refractivity contribution is -0.135. The Labute approximate surface area is 127 Å². The summed E-state index contributed by atoms with van der Waals surface area (Å²) in [5, 5.41) is 2.32. The smallest absolute Gasteiger partial charge is 0.295 e. The zero-order chi connectivity index (χ0) is 15.9. The van der Waals surface area contributed by atoms with Gasteiger partial charge in [-0.1, -0.05) is 25.5 Å². The van der Waals surface area contributed by atoms with Crippen molar-refractivity contribution in [2.45, 2.75) is 38.6 Å². The van der Waals surface area contributed by atoms with Gasteiger partial charge in [0.15, 0.2) is 0 Å². The molecule has 0 saturated carbocycles. The maximum atomic E-state index is 12.6. The van der Waals surface area contributed by atoms with Gasteiger partial charge in [0.25, 0.3) is 0 Å².